The molecule has 0 aliphatic carbocycles. The predicted octanol–water partition coefficient (Wildman–Crippen LogP) is 1.38. The normalized spacial score (nSPS) is 12.4. The summed E-state index contributed by atoms with van der Waals surface area (Å²) in [6, 6.07) is 6.61. The highest BCUT2D eigenvalue weighted by atomic mass is 35.5. The SMILES string of the molecule is NC(Cc1cccc(CCl)c1)C(=O)O. The van der Waals surface area contributed by atoms with Gasteiger partial charge in [0.25, 0.3) is 0 Å². The van der Waals surface area contributed by atoms with Crippen molar-refractivity contribution >= 4 is 17.6 Å². The van der Waals surface area contributed by atoms with Crippen LogP contribution in [0.4, 0.5) is 0 Å². The Morgan fingerprint density at radius 2 is 2.14 bits per heavy atom. The largest absolute Gasteiger partial charge is 0.480 e. The van der Waals surface area contributed by atoms with E-state index in [1.54, 1.807) is 0 Å². The Morgan fingerprint density at radius 3 is 2.71 bits per heavy atom. The molecule has 0 aliphatic rings. The number of halogens is 1. The minimum atomic E-state index is -0.985. The number of carbonyl (C=O) groups is 1. The fourth-order valence-electron chi connectivity index (χ4n) is 1.18. The van der Waals surface area contributed by atoms with E-state index in [9.17, 15) is 4.79 Å². The molecule has 76 valence electrons. The van der Waals surface area contributed by atoms with Gasteiger partial charge in [0.2, 0.25) is 0 Å². The van der Waals surface area contributed by atoms with Crippen LogP contribution < -0.4 is 5.73 Å². The molecule has 4 heteroatoms. The summed E-state index contributed by atoms with van der Waals surface area (Å²) in [4.78, 5) is 10.5. The first-order valence-corrected chi connectivity index (χ1v) is 4.79. The molecule has 0 aromatic heterocycles. The van der Waals surface area contributed by atoms with E-state index in [1.807, 2.05) is 24.3 Å². The summed E-state index contributed by atoms with van der Waals surface area (Å²) in [7, 11) is 0. The summed E-state index contributed by atoms with van der Waals surface area (Å²) >= 11 is 5.65. The molecule has 1 aromatic carbocycles. The molecule has 0 bridgehead atoms. The van der Waals surface area contributed by atoms with E-state index in [4.69, 9.17) is 22.4 Å². The van der Waals surface area contributed by atoms with Crippen molar-refractivity contribution in [2.45, 2.75) is 18.3 Å². The Bertz CT molecular complexity index is 328. The zero-order chi connectivity index (χ0) is 10.6. The third-order valence-corrected chi connectivity index (χ3v) is 2.23. The number of hydrogen-bond donors (Lipinski definition) is 2. The first-order chi connectivity index (χ1) is 6.63. The van der Waals surface area contributed by atoms with Crippen LogP contribution in [0.3, 0.4) is 0 Å². The summed E-state index contributed by atoms with van der Waals surface area (Å²) < 4.78 is 0. The molecule has 0 heterocycles. The van der Waals surface area contributed by atoms with Gasteiger partial charge < -0.3 is 10.8 Å². The van der Waals surface area contributed by atoms with Crippen LogP contribution in [0.15, 0.2) is 24.3 Å². The number of carboxylic acid groups (broad SMARTS) is 1. The van der Waals surface area contributed by atoms with Crippen LogP contribution in [-0.2, 0) is 17.1 Å². The maximum absolute atomic E-state index is 10.5. The lowest BCUT2D eigenvalue weighted by Gasteiger charge is -2.06. The van der Waals surface area contributed by atoms with Crippen molar-refractivity contribution in [2.24, 2.45) is 5.73 Å². The second kappa shape index (κ2) is 4.98. The van der Waals surface area contributed by atoms with Gasteiger partial charge in [-0.25, -0.2) is 0 Å². The minimum absolute atomic E-state index is 0.333. The Kier molecular flexibility index (Phi) is 3.92. The number of aliphatic carboxylic acids is 1. The van der Waals surface area contributed by atoms with Gasteiger partial charge in [-0.1, -0.05) is 24.3 Å². The first kappa shape index (κ1) is 11.0. The lowest BCUT2D eigenvalue weighted by Crippen LogP contribution is -2.32. The Morgan fingerprint density at radius 1 is 1.50 bits per heavy atom. The highest BCUT2D eigenvalue weighted by Gasteiger charge is 2.11. The molecule has 0 radical (unpaired) electrons. The number of carboxylic acids is 1. The van der Waals surface area contributed by atoms with E-state index in [0.29, 0.717) is 12.3 Å². The van der Waals surface area contributed by atoms with Crippen molar-refractivity contribution in [3.63, 3.8) is 0 Å². The molecule has 14 heavy (non-hydrogen) atoms. The van der Waals surface area contributed by atoms with Crippen LogP contribution in [0.1, 0.15) is 11.1 Å². The van der Waals surface area contributed by atoms with Gasteiger partial charge in [0.05, 0.1) is 0 Å². The third-order valence-electron chi connectivity index (χ3n) is 1.92. The fourth-order valence-corrected chi connectivity index (χ4v) is 1.35. The zero-order valence-corrected chi connectivity index (χ0v) is 8.37. The van der Waals surface area contributed by atoms with Gasteiger partial charge in [-0.2, -0.15) is 0 Å². The van der Waals surface area contributed by atoms with Crippen LogP contribution >= 0.6 is 11.6 Å². The molecule has 0 saturated carbocycles. The number of benzene rings is 1. The van der Waals surface area contributed by atoms with E-state index in [0.717, 1.165) is 11.1 Å². The molecule has 0 saturated heterocycles. The van der Waals surface area contributed by atoms with Crippen LogP contribution in [0.2, 0.25) is 0 Å². The quantitative estimate of drug-likeness (QED) is 0.743. The Labute approximate surface area is 87.5 Å². The molecular weight excluding hydrogens is 202 g/mol. The van der Waals surface area contributed by atoms with Crippen molar-refractivity contribution in [2.75, 3.05) is 0 Å². The number of hydrogen-bond acceptors (Lipinski definition) is 2. The molecule has 0 spiro atoms. The lowest BCUT2D eigenvalue weighted by molar-refractivity contribution is -0.138. The smallest absolute Gasteiger partial charge is 0.320 e. The molecule has 1 unspecified atom stereocenters. The fraction of sp³-hybridized carbons (Fsp3) is 0.300. The van der Waals surface area contributed by atoms with Gasteiger partial charge in [-0.15, -0.1) is 11.6 Å². The van der Waals surface area contributed by atoms with Crippen LogP contribution in [0, 0.1) is 0 Å². The highest BCUT2D eigenvalue weighted by molar-refractivity contribution is 6.17. The average molecular weight is 214 g/mol. The summed E-state index contributed by atoms with van der Waals surface area (Å²) in [6.45, 7) is 0. The summed E-state index contributed by atoms with van der Waals surface area (Å²) in [5.41, 5.74) is 7.28. The second-order valence-electron chi connectivity index (χ2n) is 3.10. The van der Waals surface area contributed by atoms with Gasteiger partial charge in [0.1, 0.15) is 6.04 Å². The van der Waals surface area contributed by atoms with Crippen molar-refractivity contribution in [3.8, 4) is 0 Å². The third kappa shape index (κ3) is 3.01. The molecule has 0 aliphatic heterocycles. The molecule has 1 atom stereocenters. The second-order valence-corrected chi connectivity index (χ2v) is 3.37. The van der Waals surface area contributed by atoms with Gasteiger partial charge in [-0.3, -0.25) is 4.79 Å². The molecule has 1 rings (SSSR count). The van der Waals surface area contributed by atoms with Crippen LogP contribution in [0.25, 0.3) is 0 Å². The van der Waals surface area contributed by atoms with E-state index < -0.39 is 12.0 Å². The van der Waals surface area contributed by atoms with Crippen LogP contribution in [-0.4, -0.2) is 17.1 Å². The summed E-state index contributed by atoms with van der Waals surface area (Å²) in [5, 5.41) is 8.62. The predicted molar refractivity (Wildman–Crippen MR) is 55.3 cm³/mol. The van der Waals surface area contributed by atoms with Gasteiger partial charge in [-0.05, 0) is 17.5 Å². The average Bonchev–Trinajstić information content (AvgIpc) is 2.18. The first-order valence-electron chi connectivity index (χ1n) is 4.25. The van der Waals surface area contributed by atoms with E-state index in [1.165, 1.54) is 0 Å². The zero-order valence-electron chi connectivity index (χ0n) is 7.61. The highest BCUT2D eigenvalue weighted by Crippen LogP contribution is 2.09. The maximum atomic E-state index is 10.5. The van der Waals surface area contributed by atoms with Crippen molar-refractivity contribution < 1.29 is 9.90 Å². The van der Waals surface area contributed by atoms with E-state index in [2.05, 4.69) is 0 Å². The van der Waals surface area contributed by atoms with E-state index >= 15 is 0 Å². The minimum Gasteiger partial charge on any atom is -0.480 e. The maximum Gasteiger partial charge on any atom is 0.320 e. The molecule has 0 fully saturated rings. The van der Waals surface area contributed by atoms with Gasteiger partial charge in [0, 0.05) is 5.88 Å². The Hall–Kier alpha value is -1.06. The van der Waals surface area contributed by atoms with Crippen molar-refractivity contribution in [1.82, 2.24) is 0 Å². The van der Waals surface area contributed by atoms with Gasteiger partial charge in [0.15, 0.2) is 0 Å². The number of rotatable bonds is 4. The molecule has 3 N–H and O–H groups in total. The van der Waals surface area contributed by atoms with Crippen molar-refractivity contribution in [1.29, 1.82) is 0 Å². The summed E-state index contributed by atoms with van der Waals surface area (Å²) in [5.74, 6) is -0.558. The molecule has 0 amide bonds. The Balaban J connectivity index is 2.71. The standard InChI is InChI=1S/C10H12ClNO2/c11-6-8-3-1-2-7(4-8)5-9(12)10(13)14/h1-4,9H,5-6,12H2,(H,13,14). The monoisotopic (exact) mass is 213 g/mol. The van der Waals surface area contributed by atoms with Crippen LogP contribution in [0.5, 0.6) is 0 Å². The van der Waals surface area contributed by atoms with Crippen molar-refractivity contribution in [3.05, 3.63) is 35.4 Å². The molecule has 1 aromatic rings. The number of nitrogens with two attached hydrogens (primary N) is 1. The topological polar surface area (TPSA) is 63.3 Å². The molecule has 3 nitrogen and oxygen atoms in total. The lowest BCUT2D eigenvalue weighted by atomic mass is 10.0. The van der Waals surface area contributed by atoms with E-state index in [-0.39, 0.29) is 0 Å². The summed E-state index contributed by atoms with van der Waals surface area (Å²) in [6.07, 6.45) is 0.333. The number of alkyl halides is 1. The van der Waals surface area contributed by atoms with Gasteiger partial charge >= 0.3 is 5.97 Å². The molecular formula is C10H12ClNO2.